The maximum Gasteiger partial charge on any atom is 0.236 e. The Balaban J connectivity index is 3.13. The van der Waals surface area contributed by atoms with Gasteiger partial charge in [-0.1, -0.05) is 64.7 Å². The molecule has 0 saturated heterocycles. The zero-order valence-corrected chi connectivity index (χ0v) is 12.4. The molecule has 0 spiro atoms. The zero-order chi connectivity index (χ0) is 14.3. The van der Waals surface area contributed by atoms with E-state index < -0.39 is 5.91 Å². The van der Waals surface area contributed by atoms with E-state index in [-0.39, 0.29) is 12.5 Å². The van der Waals surface area contributed by atoms with Crippen LogP contribution < -0.4 is 11.1 Å². The van der Waals surface area contributed by atoms with Crippen LogP contribution in [-0.4, -0.2) is 18.4 Å². The van der Waals surface area contributed by atoms with Crippen molar-refractivity contribution in [3.8, 4) is 0 Å². The van der Waals surface area contributed by atoms with Gasteiger partial charge in [0.15, 0.2) is 0 Å². The average Bonchev–Trinajstić information content (AvgIpc) is 2.38. The van der Waals surface area contributed by atoms with E-state index in [4.69, 9.17) is 5.73 Å². The molecule has 4 nitrogen and oxygen atoms in total. The third-order valence-electron chi connectivity index (χ3n) is 3.22. The van der Waals surface area contributed by atoms with E-state index in [0.29, 0.717) is 6.42 Å². The van der Waals surface area contributed by atoms with Crippen molar-refractivity contribution in [2.75, 3.05) is 6.54 Å². The molecule has 0 aliphatic rings. The van der Waals surface area contributed by atoms with Crippen molar-refractivity contribution in [3.05, 3.63) is 0 Å². The molecular formula is C15H30N2O2. The van der Waals surface area contributed by atoms with Crippen LogP contribution in [0.3, 0.4) is 0 Å². The Kier molecular flexibility index (Phi) is 12.6. The quantitative estimate of drug-likeness (QED) is 0.505. The molecule has 0 aliphatic carbocycles. The number of carbonyl (C=O) groups excluding carboxylic acids is 2. The standard InChI is InChI=1S/C15H30N2O2/c1-2-3-4-5-6-7-8-9-10-11-12-15(19)17-13-14(16)18/h2-13H2,1H3,(H2,16,18)(H,17,19). The fourth-order valence-corrected chi connectivity index (χ4v) is 2.05. The molecular weight excluding hydrogens is 240 g/mol. The van der Waals surface area contributed by atoms with Gasteiger partial charge in [-0.05, 0) is 6.42 Å². The van der Waals surface area contributed by atoms with E-state index in [1.165, 1.54) is 51.4 Å². The number of carbonyl (C=O) groups is 2. The summed E-state index contributed by atoms with van der Waals surface area (Å²) in [5.74, 6) is -0.560. The number of amides is 2. The SMILES string of the molecule is CCCCCCCCCCCCC(=O)NCC(N)=O. The minimum absolute atomic E-state index is 0.0450. The number of hydrogen-bond acceptors (Lipinski definition) is 2. The first-order valence-corrected chi connectivity index (χ1v) is 7.71. The Morgan fingerprint density at radius 1 is 0.842 bits per heavy atom. The van der Waals surface area contributed by atoms with Gasteiger partial charge in [0.1, 0.15) is 0 Å². The molecule has 0 heterocycles. The van der Waals surface area contributed by atoms with E-state index in [1.807, 2.05) is 0 Å². The Hall–Kier alpha value is -1.06. The highest BCUT2D eigenvalue weighted by atomic mass is 16.2. The molecule has 0 atom stereocenters. The van der Waals surface area contributed by atoms with E-state index in [0.717, 1.165) is 12.8 Å². The monoisotopic (exact) mass is 270 g/mol. The molecule has 0 radical (unpaired) electrons. The predicted octanol–water partition coefficient (Wildman–Crippen LogP) is 2.90. The topological polar surface area (TPSA) is 72.2 Å². The highest BCUT2D eigenvalue weighted by molar-refractivity contribution is 5.83. The second kappa shape index (κ2) is 13.4. The van der Waals surface area contributed by atoms with Crippen LogP contribution in [0.4, 0.5) is 0 Å². The van der Waals surface area contributed by atoms with Crippen molar-refractivity contribution in [2.24, 2.45) is 5.73 Å². The summed E-state index contributed by atoms with van der Waals surface area (Å²) < 4.78 is 0. The third kappa shape index (κ3) is 14.9. The lowest BCUT2D eigenvalue weighted by atomic mass is 10.1. The van der Waals surface area contributed by atoms with Crippen LogP contribution >= 0.6 is 0 Å². The number of nitrogens with one attached hydrogen (secondary N) is 1. The van der Waals surface area contributed by atoms with E-state index in [1.54, 1.807) is 0 Å². The summed E-state index contributed by atoms with van der Waals surface area (Å²) in [6.45, 7) is 2.19. The molecule has 0 rings (SSSR count). The zero-order valence-electron chi connectivity index (χ0n) is 12.4. The Bertz CT molecular complexity index is 242. The van der Waals surface area contributed by atoms with Crippen molar-refractivity contribution in [3.63, 3.8) is 0 Å². The second-order valence-corrected chi connectivity index (χ2v) is 5.18. The first-order valence-electron chi connectivity index (χ1n) is 7.71. The molecule has 19 heavy (non-hydrogen) atoms. The van der Waals surface area contributed by atoms with Crippen LogP contribution in [0.5, 0.6) is 0 Å². The van der Waals surface area contributed by atoms with Gasteiger partial charge in [0.25, 0.3) is 0 Å². The normalized spacial score (nSPS) is 10.4. The first-order chi connectivity index (χ1) is 9.16. The molecule has 0 saturated carbocycles. The smallest absolute Gasteiger partial charge is 0.236 e. The molecule has 0 fully saturated rings. The summed E-state index contributed by atoms with van der Waals surface area (Å²) in [7, 11) is 0. The van der Waals surface area contributed by atoms with Crippen LogP contribution in [0.2, 0.25) is 0 Å². The Morgan fingerprint density at radius 3 is 1.79 bits per heavy atom. The summed E-state index contributed by atoms with van der Waals surface area (Å²) >= 11 is 0. The fraction of sp³-hybridized carbons (Fsp3) is 0.867. The van der Waals surface area contributed by atoms with Crippen molar-refractivity contribution in [1.82, 2.24) is 5.32 Å². The predicted molar refractivity (Wildman–Crippen MR) is 78.7 cm³/mol. The summed E-state index contributed by atoms with van der Waals surface area (Å²) in [6.07, 6.45) is 13.0. The highest BCUT2D eigenvalue weighted by Crippen LogP contribution is 2.11. The summed E-state index contributed by atoms with van der Waals surface area (Å²) in [5, 5.41) is 2.50. The van der Waals surface area contributed by atoms with E-state index in [9.17, 15) is 9.59 Å². The molecule has 4 heteroatoms. The number of primary amides is 1. The molecule has 3 N–H and O–H groups in total. The van der Waals surface area contributed by atoms with Crippen LogP contribution in [0.25, 0.3) is 0 Å². The van der Waals surface area contributed by atoms with Gasteiger partial charge in [-0.15, -0.1) is 0 Å². The van der Waals surface area contributed by atoms with Gasteiger partial charge in [0.05, 0.1) is 6.54 Å². The number of hydrogen-bond donors (Lipinski definition) is 2. The van der Waals surface area contributed by atoms with Crippen molar-refractivity contribution in [2.45, 2.75) is 77.6 Å². The number of nitrogens with two attached hydrogens (primary N) is 1. The highest BCUT2D eigenvalue weighted by Gasteiger charge is 2.02. The molecule has 0 aliphatic heterocycles. The third-order valence-corrected chi connectivity index (χ3v) is 3.22. The van der Waals surface area contributed by atoms with Gasteiger partial charge in [0, 0.05) is 6.42 Å². The lowest BCUT2D eigenvalue weighted by Gasteiger charge is -2.03. The number of rotatable bonds is 13. The van der Waals surface area contributed by atoms with E-state index in [2.05, 4.69) is 12.2 Å². The van der Waals surface area contributed by atoms with Gasteiger partial charge in [-0.3, -0.25) is 9.59 Å². The molecule has 0 aromatic heterocycles. The van der Waals surface area contributed by atoms with Gasteiger partial charge < -0.3 is 11.1 Å². The number of unbranched alkanes of at least 4 members (excludes halogenated alkanes) is 9. The molecule has 0 unspecified atom stereocenters. The summed E-state index contributed by atoms with van der Waals surface area (Å²) in [5.41, 5.74) is 4.94. The minimum atomic E-state index is -0.489. The molecule has 0 aromatic carbocycles. The van der Waals surface area contributed by atoms with Crippen LogP contribution in [0.15, 0.2) is 0 Å². The van der Waals surface area contributed by atoms with Crippen molar-refractivity contribution < 1.29 is 9.59 Å². The van der Waals surface area contributed by atoms with Crippen molar-refractivity contribution >= 4 is 11.8 Å². The molecule has 2 amide bonds. The first kappa shape index (κ1) is 17.9. The largest absolute Gasteiger partial charge is 0.368 e. The van der Waals surface area contributed by atoms with E-state index >= 15 is 0 Å². The van der Waals surface area contributed by atoms with Crippen LogP contribution in [-0.2, 0) is 9.59 Å². The Labute approximate surface area is 117 Å². The molecule has 0 bridgehead atoms. The van der Waals surface area contributed by atoms with Gasteiger partial charge in [-0.2, -0.15) is 0 Å². The summed E-state index contributed by atoms with van der Waals surface area (Å²) in [6, 6.07) is 0. The van der Waals surface area contributed by atoms with Crippen LogP contribution in [0.1, 0.15) is 77.6 Å². The maximum atomic E-state index is 11.3. The van der Waals surface area contributed by atoms with Gasteiger partial charge >= 0.3 is 0 Å². The minimum Gasteiger partial charge on any atom is -0.368 e. The van der Waals surface area contributed by atoms with Crippen molar-refractivity contribution in [1.29, 1.82) is 0 Å². The Morgan fingerprint density at radius 2 is 1.32 bits per heavy atom. The lowest BCUT2D eigenvalue weighted by Crippen LogP contribution is -2.33. The summed E-state index contributed by atoms with van der Waals surface area (Å²) in [4.78, 5) is 21.7. The van der Waals surface area contributed by atoms with Gasteiger partial charge in [-0.25, -0.2) is 0 Å². The fourth-order valence-electron chi connectivity index (χ4n) is 2.05. The lowest BCUT2D eigenvalue weighted by molar-refractivity contribution is -0.124. The maximum absolute atomic E-state index is 11.3. The average molecular weight is 270 g/mol. The molecule has 0 aromatic rings. The molecule has 112 valence electrons. The van der Waals surface area contributed by atoms with Crippen LogP contribution in [0, 0.1) is 0 Å². The van der Waals surface area contributed by atoms with Gasteiger partial charge in [0.2, 0.25) is 11.8 Å². The second-order valence-electron chi connectivity index (χ2n) is 5.18.